The van der Waals surface area contributed by atoms with Gasteiger partial charge in [0.15, 0.2) is 0 Å². The summed E-state index contributed by atoms with van der Waals surface area (Å²) in [5.74, 6) is -0.166. The normalized spacial score (nSPS) is 17.7. The number of anilines is 2. The third kappa shape index (κ3) is 5.61. The summed E-state index contributed by atoms with van der Waals surface area (Å²) in [7, 11) is 0. The minimum Gasteiger partial charge on any atom is -0.324 e. The molecule has 2 aromatic rings. The molecule has 0 bridgehead atoms. The van der Waals surface area contributed by atoms with E-state index in [0.717, 1.165) is 17.3 Å². The number of hydrogen-bond donors (Lipinski definition) is 2. The molecule has 1 aliphatic rings. The molecule has 2 heterocycles. The van der Waals surface area contributed by atoms with Crippen LogP contribution in [0.15, 0.2) is 47.1 Å². The SMILES string of the molecule is CC(C(=O)Nc1cccc([N+](=O)[O-])c1)N1CCCC(C(=O)Nc2ccc(Br)cn2)C1. The molecule has 1 aromatic carbocycles. The molecule has 0 aliphatic carbocycles. The van der Waals surface area contributed by atoms with E-state index in [1.165, 1.54) is 18.2 Å². The van der Waals surface area contributed by atoms with E-state index in [9.17, 15) is 19.7 Å². The number of amides is 2. The monoisotopic (exact) mass is 475 g/mol. The van der Waals surface area contributed by atoms with Gasteiger partial charge in [-0.05, 0) is 60.4 Å². The topological polar surface area (TPSA) is 117 Å². The van der Waals surface area contributed by atoms with Gasteiger partial charge in [0.05, 0.1) is 16.9 Å². The lowest BCUT2D eigenvalue weighted by Crippen LogP contribution is -2.49. The predicted molar refractivity (Wildman–Crippen MR) is 116 cm³/mol. The van der Waals surface area contributed by atoms with Crippen LogP contribution in [0.4, 0.5) is 17.2 Å². The van der Waals surface area contributed by atoms with Crippen molar-refractivity contribution in [1.29, 1.82) is 0 Å². The summed E-state index contributed by atoms with van der Waals surface area (Å²) in [5, 5.41) is 16.5. The van der Waals surface area contributed by atoms with Gasteiger partial charge in [-0.3, -0.25) is 24.6 Å². The second-order valence-corrected chi connectivity index (χ2v) is 8.07. The van der Waals surface area contributed by atoms with Crippen LogP contribution < -0.4 is 10.6 Å². The zero-order valence-corrected chi connectivity index (χ0v) is 18.0. The van der Waals surface area contributed by atoms with E-state index in [-0.39, 0.29) is 23.4 Å². The number of rotatable bonds is 6. The van der Waals surface area contributed by atoms with E-state index in [4.69, 9.17) is 0 Å². The first-order valence-corrected chi connectivity index (χ1v) is 10.3. The van der Waals surface area contributed by atoms with Gasteiger partial charge in [0.2, 0.25) is 11.8 Å². The molecule has 1 aromatic heterocycles. The zero-order valence-electron chi connectivity index (χ0n) is 16.4. The molecule has 10 heteroatoms. The highest BCUT2D eigenvalue weighted by atomic mass is 79.9. The highest BCUT2D eigenvalue weighted by Gasteiger charge is 2.31. The van der Waals surface area contributed by atoms with Crippen LogP contribution in [0.3, 0.4) is 0 Å². The number of piperidine rings is 1. The van der Waals surface area contributed by atoms with Gasteiger partial charge in [-0.25, -0.2) is 4.98 Å². The number of pyridine rings is 1. The van der Waals surface area contributed by atoms with Crippen LogP contribution in [0.25, 0.3) is 0 Å². The van der Waals surface area contributed by atoms with Crippen molar-refractivity contribution in [2.45, 2.75) is 25.8 Å². The summed E-state index contributed by atoms with van der Waals surface area (Å²) in [6, 6.07) is 8.86. The van der Waals surface area contributed by atoms with Crippen molar-refractivity contribution in [2.75, 3.05) is 23.7 Å². The average Bonchev–Trinajstić information content (AvgIpc) is 2.75. The molecule has 1 aliphatic heterocycles. The van der Waals surface area contributed by atoms with Crippen molar-refractivity contribution >= 4 is 44.9 Å². The second-order valence-electron chi connectivity index (χ2n) is 7.16. The van der Waals surface area contributed by atoms with Gasteiger partial charge in [0, 0.05) is 35.0 Å². The van der Waals surface area contributed by atoms with Crippen molar-refractivity contribution in [3.05, 3.63) is 57.2 Å². The van der Waals surface area contributed by atoms with Crippen molar-refractivity contribution in [1.82, 2.24) is 9.88 Å². The maximum absolute atomic E-state index is 12.7. The van der Waals surface area contributed by atoms with Crippen LogP contribution in [-0.2, 0) is 9.59 Å². The Bertz CT molecular complexity index is 937. The van der Waals surface area contributed by atoms with E-state index >= 15 is 0 Å². The lowest BCUT2D eigenvalue weighted by molar-refractivity contribution is -0.384. The summed E-state index contributed by atoms with van der Waals surface area (Å²) in [5.41, 5.74) is 0.283. The van der Waals surface area contributed by atoms with Crippen LogP contribution in [0, 0.1) is 16.0 Å². The van der Waals surface area contributed by atoms with Gasteiger partial charge in [-0.1, -0.05) is 6.07 Å². The van der Waals surface area contributed by atoms with Crippen LogP contribution in [0.1, 0.15) is 19.8 Å². The molecule has 30 heavy (non-hydrogen) atoms. The lowest BCUT2D eigenvalue weighted by atomic mass is 9.96. The van der Waals surface area contributed by atoms with Crippen molar-refractivity contribution < 1.29 is 14.5 Å². The average molecular weight is 476 g/mol. The smallest absolute Gasteiger partial charge is 0.271 e. The quantitative estimate of drug-likeness (QED) is 0.487. The number of carbonyl (C=O) groups excluding carboxylic acids is 2. The van der Waals surface area contributed by atoms with Gasteiger partial charge in [0.25, 0.3) is 5.69 Å². The standard InChI is InChI=1S/C20H22BrN5O4/c1-13(19(27)23-16-5-2-6-17(10-16)26(29)30)25-9-3-4-14(12-25)20(28)24-18-8-7-15(21)11-22-18/h2,5-8,10-11,13-14H,3-4,9,12H2,1H3,(H,23,27)(H,22,24,28). The number of nitro groups is 1. The Kier molecular flexibility index (Phi) is 7.11. The molecule has 158 valence electrons. The fourth-order valence-corrected chi connectivity index (χ4v) is 3.59. The van der Waals surface area contributed by atoms with Crippen molar-refractivity contribution in [3.63, 3.8) is 0 Å². The lowest BCUT2D eigenvalue weighted by Gasteiger charge is -2.35. The number of halogens is 1. The first-order chi connectivity index (χ1) is 14.3. The molecule has 2 unspecified atom stereocenters. The maximum atomic E-state index is 12.7. The number of nitro benzene ring substituents is 1. The summed E-state index contributed by atoms with van der Waals surface area (Å²) in [6.45, 7) is 2.92. The van der Waals surface area contributed by atoms with Crippen LogP contribution >= 0.6 is 15.9 Å². The van der Waals surface area contributed by atoms with Crippen LogP contribution in [-0.4, -0.2) is 45.8 Å². The highest BCUT2D eigenvalue weighted by Crippen LogP contribution is 2.22. The van der Waals surface area contributed by atoms with E-state index in [0.29, 0.717) is 24.6 Å². The van der Waals surface area contributed by atoms with Gasteiger partial charge < -0.3 is 10.6 Å². The van der Waals surface area contributed by atoms with Crippen molar-refractivity contribution in [2.24, 2.45) is 5.92 Å². The molecule has 2 amide bonds. The van der Waals surface area contributed by atoms with Gasteiger partial charge >= 0.3 is 0 Å². The number of benzene rings is 1. The molecule has 2 atom stereocenters. The number of carbonyl (C=O) groups is 2. The Hall–Kier alpha value is -2.85. The molecule has 1 saturated heterocycles. The summed E-state index contributed by atoms with van der Waals surface area (Å²) < 4.78 is 0.827. The fraction of sp³-hybridized carbons (Fsp3) is 0.350. The number of hydrogen-bond acceptors (Lipinski definition) is 6. The molecule has 0 saturated carbocycles. The second kappa shape index (κ2) is 9.77. The molecule has 3 rings (SSSR count). The van der Waals surface area contributed by atoms with Gasteiger partial charge in [0.1, 0.15) is 5.82 Å². The molecule has 9 nitrogen and oxygen atoms in total. The molecular formula is C20H22BrN5O4. The maximum Gasteiger partial charge on any atom is 0.271 e. The minimum atomic E-state index is -0.507. The fourth-order valence-electron chi connectivity index (χ4n) is 3.36. The van der Waals surface area contributed by atoms with Crippen LogP contribution in [0.5, 0.6) is 0 Å². The Morgan fingerprint density at radius 3 is 2.80 bits per heavy atom. The minimum absolute atomic E-state index is 0.0864. The summed E-state index contributed by atoms with van der Waals surface area (Å²) >= 11 is 3.31. The number of non-ortho nitro benzene ring substituents is 1. The Morgan fingerprint density at radius 2 is 2.10 bits per heavy atom. The van der Waals surface area contributed by atoms with Crippen molar-refractivity contribution in [3.8, 4) is 0 Å². The van der Waals surface area contributed by atoms with Crippen LogP contribution in [0.2, 0.25) is 0 Å². The molecule has 1 fully saturated rings. The first kappa shape index (κ1) is 21.8. The number of likely N-dealkylation sites (tertiary alicyclic amines) is 1. The van der Waals surface area contributed by atoms with E-state index in [1.54, 1.807) is 31.3 Å². The molecule has 0 radical (unpaired) electrons. The highest BCUT2D eigenvalue weighted by molar-refractivity contribution is 9.10. The number of nitrogens with zero attached hydrogens (tertiary/aromatic N) is 3. The molecule has 2 N–H and O–H groups in total. The Balaban J connectivity index is 1.59. The third-order valence-electron chi connectivity index (χ3n) is 5.05. The molecular weight excluding hydrogens is 454 g/mol. The van der Waals surface area contributed by atoms with E-state index in [2.05, 4.69) is 31.5 Å². The van der Waals surface area contributed by atoms with E-state index in [1.807, 2.05) is 4.90 Å². The van der Waals surface area contributed by atoms with Gasteiger partial charge in [-0.15, -0.1) is 0 Å². The van der Waals surface area contributed by atoms with Gasteiger partial charge in [-0.2, -0.15) is 0 Å². The largest absolute Gasteiger partial charge is 0.324 e. The summed E-state index contributed by atoms with van der Waals surface area (Å²) in [6.07, 6.45) is 3.14. The predicted octanol–water partition coefficient (Wildman–Crippen LogP) is 3.43. The molecule has 0 spiro atoms. The first-order valence-electron chi connectivity index (χ1n) is 9.55. The van der Waals surface area contributed by atoms with E-state index < -0.39 is 11.0 Å². The summed E-state index contributed by atoms with van der Waals surface area (Å²) in [4.78, 5) is 41.8. The zero-order chi connectivity index (χ0) is 21.7. The number of aromatic nitrogens is 1. The number of nitrogens with one attached hydrogen (secondary N) is 2. The Morgan fingerprint density at radius 1 is 1.30 bits per heavy atom. The third-order valence-corrected chi connectivity index (χ3v) is 5.52. The Labute approximate surface area is 182 Å².